The molecule has 0 nitrogen and oxygen atoms in total. The maximum absolute atomic E-state index is 13.2. The summed E-state index contributed by atoms with van der Waals surface area (Å²) in [6.45, 7) is 4.16. The molecule has 82 valence electrons. The maximum Gasteiger partial charge on any atom is 0.254 e. The highest BCUT2D eigenvalue weighted by Gasteiger charge is 2.48. The first-order chi connectivity index (χ1) is 7.00. The highest BCUT2D eigenvalue weighted by Crippen LogP contribution is 2.50. The molecule has 0 radical (unpaired) electrons. The molecule has 2 rings (SSSR count). The van der Waals surface area contributed by atoms with Crippen molar-refractivity contribution in [1.82, 2.24) is 0 Å². The van der Waals surface area contributed by atoms with Crippen LogP contribution in [0, 0.1) is 0 Å². The Morgan fingerprint density at radius 1 is 1.33 bits per heavy atom. The molecule has 15 heavy (non-hydrogen) atoms. The summed E-state index contributed by atoms with van der Waals surface area (Å²) in [6.07, 6.45) is 0.665. The van der Waals surface area contributed by atoms with Crippen LogP contribution in [0.5, 0.6) is 0 Å². The predicted octanol–water partition coefficient (Wildman–Crippen LogP) is 4.32. The maximum atomic E-state index is 13.2. The Morgan fingerprint density at radius 2 is 2.07 bits per heavy atom. The number of rotatable bonds is 2. The molecule has 1 aliphatic rings. The smallest absolute Gasteiger partial charge is 0.206 e. The van der Waals surface area contributed by atoms with Crippen LogP contribution in [-0.2, 0) is 0 Å². The minimum absolute atomic E-state index is 0.0452. The lowest BCUT2D eigenvalue weighted by Gasteiger charge is -2.36. The van der Waals surface area contributed by atoms with Crippen molar-refractivity contribution in [1.29, 1.82) is 0 Å². The topological polar surface area (TPSA) is 0 Å². The first-order valence-corrected chi connectivity index (χ1v) is 5.48. The summed E-state index contributed by atoms with van der Waals surface area (Å²) in [5, 5.41) is 0. The van der Waals surface area contributed by atoms with Crippen LogP contribution >= 0.6 is 0 Å². The van der Waals surface area contributed by atoms with Gasteiger partial charge in [0.15, 0.2) is 0 Å². The van der Waals surface area contributed by atoms with Gasteiger partial charge in [0.1, 0.15) is 0 Å². The van der Waals surface area contributed by atoms with E-state index in [-0.39, 0.29) is 6.42 Å². The summed E-state index contributed by atoms with van der Waals surface area (Å²) >= 11 is 0. The van der Waals surface area contributed by atoms with Gasteiger partial charge in [-0.25, -0.2) is 8.78 Å². The average molecular weight is 210 g/mol. The Morgan fingerprint density at radius 3 is 2.53 bits per heavy atom. The van der Waals surface area contributed by atoms with Gasteiger partial charge in [0.05, 0.1) is 0 Å². The molecule has 1 unspecified atom stereocenters. The molecule has 2 heteroatoms. The third-order valence-corrected chi connectivity index (χ3v) is 3.26. The quantitative estimate of drug-likeness (QED) is 0.681. The molecule has 1 fully saturated rings. The molecular weight excluding hydrogens is 194 g/mol. The van der Waals surface area contributed by atoms with Gasteiger partial charge in [-0.15, -0.1) is 0 Å². The van der Waals surface area contributed by atoms with Gasteiger partial charge >= 0.3 is 0 Å². The second kappa shape index (κ2) is 3.58. The summed E-state index contributed by atoms with van der Waals surface area (Å²) in [4.78, 5) is 0. The van der Waals surface area contributed by atoms with Crippen LogP contribution in [0.3, 0.4) is 0 Å². The van der Waals surface area contributed by atoms with E-state index in [1.54, 1.807) is 0 Å². The number of halogens is 2. The average Bonchev–Trinajstić information content (AvgIpc) is 2.17. The highest BCUT2D eigenvalue weighted by atomic mass is 19.3. The SMILES string of the molecule is CC(C)c1cccc(C2CCC2(F)F)c1. The normalized spacial score (nSPS) is 23.9. The predicted molar refractivity (Wildman–Crippen MR) is 57.5 cm³/mol. The molecule has 0 heterocycles. The molecule has 0 amide bonds. The van der Waals surface area contributed by atoms with Crippen molar-refractivity contribution in [2.75, 3.05) is 0 Å². The van der Waals surface area contributed by atoms with Crippen molar-refractivity contribution >= 4 is 0 Å². The second-order valence-corrected chi connectivity index (χ2v) is 4.68. The summed E-state index contributed by atoms with van der Waals surface area (Å²) in [5.74, 6) is -2.62. The van der Waals surface area contributed by atoms with Crippen molar-refractivity contribution in [2.45, 2.75) is 44.4 Å². The molecule has 0 N–H and O–H groups in total. The zero-order valence-electron chi connectivity index (χ0n) is 9.13. The zero-order valence-corrected chi connectivity index (χ0v) is 9.13. The molecule has 1 aromatic rings. The second-order valence-electron chi connectivity index (χ2n) is 4.68. The van der Waals surface area contributed by atoms with Gasteiger partial charge in [-0.1, -0.05) is 38.1 Å². The van der Waals surface area contributed by atoms with Crippen molar-refractivity contribution in [2.24, 2.45) is 0 Å². The van der Waals surface area contributed by atoms with Gasteiger partial charge in [0.2, 0.25) is 0 Å². The minimum atomic E-state index is -2.48. The van der Waals surface area contributed by atoms with Crippen LogP contribution in [0.2, 0.25) is 0 Å². The Kier molecular flexibility index (Phi) is 2.53. The van der Waals surface area contributed by atoms with Gasteiger partial charge in [0.25, 0.3) is 5.92 Å². The molecule has 1 aromatic carbocycles. The summed E-state index contributed by atoms with van der Waals surface area (Å²) in [7, 11) is 0. The lowest BCUT2D eigenvalue weighted by molar-refractivity contribution is -0.0962. The molecule has 0 aliphatic heterocycles. The largest absolute Gasteiger partial charge is 0.254 e. The van der Waals surface area contributed by atoms with E-state index >= 15 is 0 Å². The Balaban J connectivity index is 2.26. The summed E-state index contributed by atoms with van der Waals surface area (Å²) in [5.41, 5.74) is 1.95. The van der Waals surface area contributed by atoms with E-state index < -0.39 is 11.8 Å². The highest BCUT2D eigenvalue weighted by molar-refractivity contribution is 5.31. The third kappa shape index (κ3) is 1.90. The number of benzene rings is 1. The fraction of sp³-hybridized carbons (Fsp3) is 0.538. The van der Waals surface area contributed by atoms with E-state index in [0.717, 1.165) is 11.1 Å². The standard InChI is InChI=1S/C13H16F2/c1-9(2)10-4-3-5-11(8-10)12-6-7-13(12,14)15/h3-5,8-9,12H,6-7H2,1-2H3. The fourth-order valence-electron chi connectivity index (χ4n) is 2.05. The van der Waals surface area contributed by atoms with E-state index in [2.05, 4.69) is 13.8 Å². The molecule has 0 saturated heterocycles. The first-order valence-electron chi connectivity index (χ1n) is 5.48. The van der Waals surface area contributed by atoms with E-state index in [4.69, 9.17) is 0 Å². The van der Waals surface area contributed by atoms with Crippen LogP contribution in [-0.4, -0.2) is 5.92 Å². The van der Waals surface area contributed by atoms with E-state index in [1.807, 2.05) is 24.3 Å². The summed E-state index contributed by atoms with van der Waals surface area (Å²) < 4.78 is 26.4. The van der Waals surface area contributed by atoms with Gasteiger partial charge in [-0.05, 0) is 23.5 Å². The van der Waals surface area contributed by atoms with E-state index in [1.165, 1.54) is 0 Å². The minimum Gasteiger partial charge on any atom is -0.206 e. The molecule has 1 atom stereocenters. The van der Waals surface area contributed by atoms with Crippen LogP contribution in [0.1, 0.15) is 49.7 Å². The van der Waals surface area contributed by atoms with Crippen molar-refractivity contribution < 1.29 is 8.78 Å². The first kappa shape index (κ1) is 10.6. The zero-order chi connectivity index (χ0) is 11.1. The molecule has 0 spiro atoms. The van der Waals surface area contributed by atoms with Crippen LogP contribution in [0.4, 0.5) is 8.78 Å². The van der Waals surface area contributed by atoms with Gasteiger partial charge in [0, 0.05) is 12.3 Å². The lowest BCUT2D eigenvalue weighted by atomic mass is 9.75. The van der Waals surface area contributed by atoms with Crippen LogP contribution < -0.4 is 0 Å². The van der Waals surface area contributed by atoms with Crippen molar-refractivity contribution in [3.05, 3.63) is 35.4 Å². The lowest BCUT2D eigenvalue weighted by Crippen LogP contribution is -2.36. The Bertz CT molecular complexity index is 355. The Hall–Kier alpha value is -0.920. The van der Waals surface area contributed by atoms with Crippen molar-refractivity contribution in [3.8, 4) is 0 Å². The van der Waals surface area contributed by atoms with Crippen molar-refractivity contribution in [3.63, 3.8) is 0 Å². The van der Waals surface area contributed by atoms with Crippen LogP contribution in [0.15, 0.2) is 24.3 Å². The molecular formula is C13H16F2. The number of hydrogen-bond donors (Lipinski definition) is 0. The monoisotopic (exact) mass is 210 g/mol. The number of alkyl halides is 2. The van der Waals surface area contributed by atoms with Crippen LogP contribution in [0.25, 0.3) is 0 Å². The number of hydrogen-bond acceptors (Lipinski definition) is 0. The summed E-state index contributed by atoms with van der Waals surface area (Å²) in [6, 6.07) is 7.65. The molecule has 1 aliphatic carbocycles. The molecule has 0 bridgehead atoms. The molecule has 1 saturated carbocycles. The van der Waals surface area contributed by atoms with Gasteiger partial charge < -0.3 is 0 Å². The Labute approximate surface area is 89.3 Å². The van der Waals surface area contributed by atoms with Gasteiger partial charge in [-0.3, -0.25) is 0 Å². The van der Waals surface area contributed by atoms with E-state index in [0.29, 0.717) is 12.3 Å². The van der Waals surface area contributed by atoms with Gasteiger partial charge in [-0.2, -0.15) is 0 Å². The van der Waals surface area contributed by atoms with E-state index in [9.17, 15) is 8.78 Å². The molecule has 0 aromatic heterocycles. The third-order valence-electron chi connectivity index (χ3n) is 3.26. The fourth-order valence-corrected chi connectivity index (χ4v) is 2.05.